The summed E-state index contributed by atoms with van der Waals surface area (Å²) in [6, 6.07) is 48.1. The van der Waals surface area contributed by atoms with Gasteiger partial charge in [0.05, 0.1) is 27.6 Å². The highest BCUT2D eigenvalue weighted by Gasteiger charge is 2.23. The molecule has 0 amide bonds. The molecular formula is C39H24N4. The minimum atomic E-state index is 0.975. The summed E-state index contributed by atoms with van der Waals surface area (Å²) in [4.78, 5) is 4.90. The molecule has 0 aliphatic carbocycles. The number of imidazole rings is 1. The molecule has 0 radical (unpaired) electrons. The first-order chi connectivity index (χ1) is 21.4. The van der Waals surface area contributed by atoms with Crippen LogP contribution in [0, 0.1) is 0 Å². The molecule has 0 saturated carbocycles. The Morgan fingerprint density at radius 1 is 0.395 bits per heavy atom. The lowest BCUT2D eigenvalue weighted by Crippen LogP contribution is -1.97. The molecule has 43 heavy (non-hydrogen) atoms. The standard InChI is InChI=1S/C39H24N4/c1-3-11-25(12-4-1)42-32-18-10-8-16-29(32)35-34(42)22-20-30-36(35)37-33(41-24-23-40-39(30)41)21-19-28-27-15-7-9-17-31(27)43(38(28)37)26-13-5-2-6-14-26/h1-24H. The minimum Gasteiger partial charge on any atom is -0.309 e. The van der Waals surface area contributed by atoms with Crippen LogP contribution in [0.25, 0.3) is 82.3 Å². The molecule has 10 rings (SSSR count). The van der Waals surface area contributed by atoms with Crippen molar-refractivity contribution in [3.05, 3.63) is 146 Å². The average molecular weight is 549 g/mol. The van der Waals surface area contributed by atoms with Gasteiger partial charge in [-0.3, -0.25) is 4.40 Å². The molecule has 0 aliphatic rings. The Balaban J connectivity index is 1.56. The Kier molecular flexibility index (Phi) is 4.42. The second-order valence-electron chi connectivity index (χ2n) is 11.2. The first-order valence-electron chi connectivity index (χ1n) is 14.7. The van der Waals surface area contributed by atoms with Crippen LogP contribution in [0.1, 0.15) is 0 Å². The molecule has 0 atom stereocenters. The van der Waals surface area contributed by atoms with Crippen molar-refractivity contribution >= 4 is 70.9 Å². The van der Waals surface area contributed by atoms with E-state index in [0.717, 1.165) is 27.9 Å². The maximum Gasteiger partial charge on any atom is 0.145 e. The maximum absolute atomic E-state index is 4.90. The van der Waals surface area contributed by atoms with E-state index < -0.39 is 0 Å². The van der Waals surface area contributed by atoms with Crippen LogP contribution in [-0.4, -0.2) is 18.5 Å². The van der Waals surface area contributed by atoms with Gasteiger partial charge in [0.25, 0.3) is 0 Å². The van der Waals surface area contributed by atoms with Crippen molar-refractivity contribution in [2.24, 2.45) is 0 Å². The predicted molar refractivity (Wildman–Crippen MR) is 179 cm³/mol. The van der Waals surface area contributed by atoms with Gasteiger partial charge in [0, 0.05) is 61.5 Å². The molecule has 10 aromatic rings. The van der Waals surface area contributed by atoms with Crippen LogP contribution < -0.4 is 0 Å². The molecule has 4 aromatic heterocycles. The van der Waals surface area contributed by atoms with E-state index in [1.807, 2.05) is 6.20 Å². The smallest absolute Gasteiger partial charge is 0.145 e. The normalized spacial score (nSPS) is 12.2. The molecule has 0 saturated heterocycles. The maximum atomic E-state index is 4.90. The number of nitrogens with zero attached hydrogens (tertiary/aromatic N) is 4. The van der Waals surface area contributed by atoms with Crippen LogP contribution in [-0.2, 0) is 0 Å². The Morgan fingerprint density at radius 3 is 1.77 bits per heavy atom. The van der Waals surface area contributed by atoms with Gasteiger partial charge in [0.1, 0.15) is 5.65 Å². The van der Waals surface area contributed by atoms with E-state index in [1.54, 1.807) is 0 Å². The highest BCUT2D eigenvalue weighted by Crippen LogP contribution is 2.45. The van der Waals surface area contributed by atoms with Gasteiger partial charge in [-0.1, -0.05) is 78.9 Å². The summed E-state index contributed by atoms with van der Waals surface area (Å²) in [6.45, 7) is 0. The van der Waals surface area contributed by atoms with Crippen LogP contribution >= 0.6 is 0 Å². The number of para-hydroxylation sites is 4. The lowest BCUT2D eigenvalue weighted by Gasteiger charge is -2.15. The fraction of sp³-hybridized carbons (Fsp3) is 0. The van der Waals surface area contributed by atoms with Crippen molar-refractivity contribution in [1.82, 2.24) is 18.5 Å². The quantitative estimate of drug-likeness (QED) is 0.198. The second-order valence-corrected chi connectivity index (χ2v) is 11.2. The highest BCUT2D eigenvalue weighted by molar-refractivity contribution is 6.35. The topological polar surface area (TPSA) is 27.2 Å². The van der Waals surface area contributed by atoms with Crippen LogP contribution in [0.4, 0.5) is 0 Å². The number of benzene rings is 6. The zero-order valence-corrected chi connectivity index (χ0v) is 23.1. The average Bonchev–Trinajstić information content (AvgIpc) is 3.78. The lowest BCUT2D eigenvalue weighted by atomic mass is 9.98. The van der Waals surface area contributed by atoms with Crippen molar-refractivity contribution in [2.75, 3.05) is 0 Å². The third-order valence-corrected chi connectivity index (χ3v) is 9.07. The summed E-state index contributed by atoms with van der Waals surface area (Å²) in [5.74, 6) is 0. The van der Waals surface area contributed by atoms with E-state index in [0.29, 0.717) is 0 Å². The van der Waals surface area contributed by atoms with Crippen molar-refractivity contribution < 1.29 is 0 Å². The van der Waals surface area contributed by atoms with Crippen molar-refractivity contribution in [1.29, 1.82) is 0 Å². The molecule has 4 nitrogen and oxygen atoms in total. The van der Waals surface area contributed by atoms with Gasteiger partial charge in [-0.15, -0.1) is 0 Å². The van der Waals surface area contributed by atoms with E-state index in [-0.39, 0.29) is 0 Å². The molecular weight excluding hydrogens is 524 g/mol. The Morgan fingerprint density at radius 2 is 1.00 bits per heavy atom. The molecule has 0 unspecified atom stereocenters. The molecule has 0 bridgehead atoms. The van der Waals surface area contributed by atoms with E-state index in [2.05, 4.69) is 153 Å². The van der Waals surface area contributed by atoms with Gasteiger partial charge in [-0.2, -0.15) is 0 Å². The SMILES string of the molecule is c1ccc(-n2c3ccccc3c3c4c(ccc32)c2nccn2c2ccc3c5ccccc5n(-c5ccccc5)c3c42)cc1. The number of hydrogen-bond donors (Lipinski definition) is 0. The fourth-order valence-corrected chi connectivity index (χ4v) is 7.40. The number of aromatic nitrogens is 4. The Bertz CT molecular complexity index is 2710. The lowest BCUT2D eigenvalue weighted by molar-refractivity contribution is 1.18. The van der Waals surface area contributed by atoms with Crippen molar-refractivity contribution in [2.45, 2.75) is 0 Å². The highest BCUT2D eigenvalue weighted by atomic mass is 15.0. The zero-order chi connectivity index (χ0) is 28.1. The first-order valence-corrected chi connectivity index (χ1v) is 14.7. The molecule has 4 heterocycles. The first kappa shape index (κ1) is 22.8. The summed E-state index contributed by atoms with van der Waals surface area (Å²) in [5.41, 5.74) is 9.24. The van der Waals surface area contributed by atoms with Crippen LogP contribution in [0.2, 0.25) is 0 Å². The largest absolute Gasteiger partial charge is 0.309 e. The molecule has 200 valence electrons. The summed E-state index contributed by atoms with van der Waals surface area (Å²) in [7, 11) is 0. The Labute approximate surface area is 246 Å². The molecule has 4 heteroatoms. The number of fused-ring (bicyclic) bond motifs is 14. The van der Waals surface area contributed by atoms with E-state index >= 15 is 0 Å². The Hall–Kier alpha value is -5.87. The third-order valence-electron chi connectivity index (χ3n) is 9.07. The number of rotatable bonds is 2. The van der Waals surface area contributed by atoms with Gasteiger partial charge < -0.3 is 9.13 Å². The molecule has 6 aromatic carbocycles. The molecule has 0 aliphatic heterocycles. The van der Waals surface area contributed by atoms with Crippen LogP contribution in [0.15, 0.2) is 146 Å². The van der Waals surface area contributed by atoms with Gasteiger partial charge in [-0.25, -0.2) is 4.98 Å². The second kappa shape index (κ2) is 8.34. The minimum absolute atomic E-state index is 0.975. The van der Waals surface area contributed by atoms with E-state index in [4.69, 9.17) is 4.98 Å². The van der Waals surface area contributed by atoms with Crippen molar-refractivity contribution in [3.63, 3.8) is 0 Å². The number of pyridine rings is 1. The van der Waals surface area contributed by atoms with Gasteiger partial charge in [-0.05, 0) is 54.6 Å². The fourth-order valence-electron chi connectivity index (χ4n) is 7.40. The van der Waals surface area contributed by atoms with E-state index in [9.17, 15) is 0 Å². The van der Waals surface area contributed by atoms with Crippen LogP contribution in [0.5, 0.6) is 0 Å². The monoisotopic (exact) mass is 548 g/mol. The van der Waals surface area contributed by atoms with Gasteiger partial charge in [0.15, 0.2) is 0 Å². The van der Waals surface area contributed by atoms with Gasteiger partial charge in [0.2, 0.25) is 0 Å². The summed E-state index contributed by atoms with van der Waals surface area (Å²) >= 11 is 0. The number of hydrogen-bond acceptors (Lipinski definition) is 1. The summed E-state index contributed by atoms with van der Waals surface area (Å²) < 4.78 is 7.11. The summed E-state index contributed by atoms with van der Waals surface area (Å²) in [5, 5.41) is 8.62. The zero-order valence-electron chi connectivity index (χ0n) is 23.1. The summed E-state index contributed by atoms with van der Waals surface area (Å²) in [6.07, 6.45) is 4.01. The van der Waals surface area contributed by atoms with Crippen molar-refractivity contribution in [3.8, 4) is 11.4 Å². The molecule has 0 spiro atoms. The van der Waals surface area contributed by atoms with Crippen LogP contribution in [0.3, 0.4) is 0 Å². The van der Waals surface area contributed by atoms with Gasteiger partial charge >= 0.3 is 0 Å². The predicted octanol–water partition coefficient (Wildman–Crippen LogP) is 9.83. The molecule has 0 fully saturated rings. The van der Waals surface area contributed by atoms with E-state index in [1.165, 1.54) is 54.4 Å². The third kappa shape index (κ3) is 2.92. The molecule has 0 N–H and O–H groups in total.